The van der Waals surface area contributed by atoms with Gasteiger partial charge in [0.2, 0.25) is 0 Å². The molecule has 1 aliphatic carbocycles. The zero-order chi connectivity index (χ0) is 13.1. The molecule has 4 heteroatoms. The lowest BCUT2D eigenvalue weighted by Gasteiger charge is -2.38. The first-order chi connectivity index (χ1) is 8.63. The molecule has 1 heterocycles. The Kier molecular flexibility index (Phi) is 4.40. The van der Waals surface area contributed by atoms with Gasteiger partial charge < -0.3 is 10.3 Å². The molecule has 1 aromatic heterocycles. The van der Waals surface area contributed by atoms with Gasteiger partial charge in [0.15, 0.2) is 0 Å². The molecule has 0 radical (unpaired) electrons. The molecule has 1 aliphatic rings. The van der Waals surface area contributed by atoms with Gasteiger partial charge in [-0.05, 0) is 38.6 Å². The third-order valence-electron chi connectivity index (χ3n) is 4.47. The first kappa shape index (κ1) is 13.6. The summed E-state index contributed by atoms with van der Waals surface area (Å²) in [7, 11) is 4.26. The molecule has 1 unspecified atom stereocenters. The third kappa shape index (κ3) is 2.75. The number of aromatic nitrogens is 2. The highest BCUT2D eigenvalue weighted by Gasteiger charge is 2.27. The van der Waals surface area contributed by atoms with E-state index in [1.54, 1.807) is 0 Å². The average Bonchev–Trinajstić information content (AvgIpc) is 2.78. The molecule has 102 valence electrons. The summed E-state index contributed by atoms with van der Waals surface area (Å²) in [6.07, 6.45) is 9.08. The smallest absolute Gasteiger partial charge is 0.0946 e. The van der Waals surface area contributed by atoms with Crippen molar-refractivity contribution in [2.24, 2.45) is 18.7 Å². The van der Waals surface area contributed by atoms with Crippen molar-refractivity contribution in [3.63, 3.8) is 0 Å². The summed E-state index contributed by atoms with van der Waals surface area (Å²) in [6, 6.07) is 0.959. The van der Waals surface area contributed by atoms with Crippen LogP contribution in [-0.4, -0.2) is 34.1 Å². The third-order valence-corrected chi connectivity index (χ3v) is 4.47. The quantitative estimate of drug-likeness (QED) is 0.888. The number of likely N-dealkylation sites (N-methyl/N-ethyl adjacent to an activating group) is 1. The summed E-state index contributed by atoms with van der Waals surface area (Å²) in [5.74, 6) is 0.891. The Morgan fingerprint density at radius 2 is 2.11 bits per heavy atom. The minimum Gasteiger partial charge on any atom is -0.336 e. The Bertz CT molecular complexity index is 366. The van der Waals surface area contributed by atoms with Gasteiger partial charge in [-0.2, -0.15) is 0 Å². The second kappa shape index (κ2) is 5.85. The van der Waals surface area contributed by atoms with Crippen LogP contribution in [0, 0.1) is 5.92 Å². The van der Waals surface area contributed by atoms with Crippen LogP contribution in [-0.2, 0) is 7.05 Å². The van der Waals surface area contributed by atoms with Crippen LogP contribution in [0.25, 0.3) is 0 Å². The second-order valence-electron chi connectivity index (χ2n) is 5.76. The van der Waals surface area contributed by atoms with Gasteiger partial charge in [0, 0.05) is 25.8 Å². The van der Waals surface area contributed by atoms with Gasteiger partial charge in [-0.15, -0.1) is 0 Å². The predicted molar refractivity (Wildman–Crippen MR) is 74.2 cm³/mol. The number of rotatable bonds is 4. The van der Waals surface area contributed by atoms with Crippen LogP contribution in [0.15, 0.2) is 12.5 Å². The first-order valence-electron chi connectivity index (χ1n) is 7.01. The molecular weight excluding hydrogens is 224 g/mol. The molecule has 1 saturated carbocycles. The average molecular weight is 250 g/mol. The molecule has 2 rings (SSSR count). The maximum absolute atomic E-state index is 5.98. The molecule has 1 fully saturated rings. The van der Waals surface area contributed by atoms with Gasteiger partial charge in [0.1, 0.15) is 0 Å². The van der Waals surface area contributed by atoms with Crippen molar-refractivity contribution in [1.29, 1.82) is 0 Å². The topological polar surface area (TPSA) is 47.1 Å². The lowest BCUT2D eigenvalue weighted by molar-refractivity contribution is 0.122. The van der Waals surface area contributed by atoms with Gasteiger partial charge in [0.25, 0.3) is 0 Å². The number of hydrogen-bond acceptors (Lipinski definition) is 3. The number of nitrogens with two attached hydrogens (primary N) is 1. The molecule has 1 atom stereocenters. The summed E-state index contributed by atoms with van der Waals surface area (Å²) < 4.78 is 2.08. The fourth-order valence-corrected chi connectivity index (χ4v) is 3.09. The predicted octanol–water partition coefficient (Wildman–Crippen LogP) is 1.93. The van der Waals surface area contributed by atoms with Crippen LogP contribution in [0.3, 0.4) is 0 Å². The Morgan fingerprint density at radius 1 is 1.44 bits per heavy atom. The van der Waals surface area contributed by atoms with Crippen molar-refractivity contribution < 1.29 is 0 Å². The van der Waals surface area contributed by atoms with E-state index in [0.717, 1.165) is 5.92 Å². The van der Waals surface area contributed by atoms with E-state index in [0.29, 0.717) is 12.6 Å². The Balaban J connectivity index is 2.06. The van der Waals surface area contributed by atoms with Crippen LogP contribution < -0.4 is 5.73 Å². The SMILES string of the molecule is CC1CCC(N(C)C(CN)c2cncn2C)CC1. The van der Waals surface area contributed by atoms with Crippen LogP contribution in [0.4, 0.5) is 0 Å². The van der Waals surface area contributed by atoms with E-state index in [1.807, 2.05) is 19.6 Å². The molecule has 0 spiro atoms. The van der Waals surface area contributed by atoms with Crippen LogP contribution in [0.1, 0.15) is 44.3 Å². The van der Waals surface area contributed by atoms with Crippen LogP contribution in [0.2, 0.25) is 0 Å². The lowest BCUT2D eigenvalue weighted by Crippen LogP contribution is -2.41. The normalized spacial score (nSPS) is 26.5. The first-order valence-corrected chi connectivity index (χ1v) is 7.01. The van der Waals surface area contributed by atoms with Crippen LogP contribution >= 0.6 is 0 Å². The van der Waals surface area contributed by atoms with Crippen molar-refractivity contribution in [2.45, 2.75) is 44.7 Å². The Labute approximate surface area is 110 Å². The van der Waals surface area contributed by atoms with E-state index < -0.39 is 0 Å². The van der Waals surface area contributed by atoms with E-state index in [4.69, 9.17) is 5.73 Å². The molecule has 18 heavy (non-hydrogen) atoms. The monoisotopic (exact) mass is 250 g/mol. The molecule has 1 aromatic rings. The lowest BCUT2D eigenvalue weighted by atomic mass is 9.86. The van der Waals surface area contributed by atoms with Gasteiger partial charge >= 0.3 is 0 Å². The van der Waals surface area contributed by atoms with E-state index in [-0.39, 0.29) is 6.04 Å². The highest BCUT2D eigenvalue weighted by molar-refractivity contribution is 5.06. The van der Waals surface area contributed by atoms with Crippen molar-refractivity contribution in [2.75, 3.05) is 13.6 Å². The van der Waals surface area contributed by atoms with E-state index in [2.05, 4.69) is 28.4 Å². The fraction of sp³-hybridized carbons (Fsp3) is 0.786. The van der Waals surface area contributed by atoms with Crippen LogP contribution in [0.5, 0.6) is 0 Å². The summed E-state index contributed by atoms with van der Waals surface area (Å²) in [4.78, 5) is 6.67. The molecular formula is C14H26N4. The number of nitrogens with zero attached hydrogens (tertiary/aromatic N) is 3. The standard InChI is InChI=1S/C14H26N4/c1-11-4-6-12(7-5-11)18(3)13(8-15)14-9-16-10-17(14)2/h9-13H,4-8,15H2,1-3H3. The molecule has 0 amide bonds. The maximum atomic E-state index is 5.98. The number of imidazole rings is 1. The second-order valence-corrected chi connectivity index (χ2v) is 5.76. The Hall–Kier alpha value is -0.870. The molecule has 0 aromatic carbocycles. The summed E-state index contributed by atoms with van der Waals surface area (Å²) >= 11 is 0. The number of aryl methyl sites for hydroxylation is 1. The van der Waals surface area contributed by atoms with Gasteiger partial charge in [-0.25, -0.2) is 4.98 Å². The van der Waals surface area contributed by atoms with E-state index in [9.17, 15) is 0 Å². The van der Waals surface area contributed by atoms with Gasteiger partial charge in [0.05, 0.1) is 18.1 Å². The largest absolute Gasteiger partial charge is 0.336 e. The van der Waals surface area contributed by atoms with Gasteiger partial charge in [-0.1, -0.05) is 6.92 Å². The minimum atomic E-state index is 0.288. The van der Waals surface area contributed by atoms with Gasteiger partial charge in [-0.3, -0.25) is 4.90 Å². The summed E-state index contributed by atoms with van der Waals surface area (Å²) in [6.45, 7) is 3.01. The Morgan fingerprint density at radius 3 is 2.61 bits per heavy atom. The molecule has 0 saturated heterocycles. The molecule has 4 nitrogen and oxygen atoms in total. The zero-order valence-electron chi connectivity index (χ0n) is 11.8. The molecule has 0 aliphatic heterocycles. The van der Waals surface area contributed by atoms with E-state index in [1.165, 1.54) is 31.4 Å². The maximum Gasteiger partial charge on any atom is 0.0946 e. The van der Waals surface area contributed by atoms with Crippen molar-refractivity contribution in [1.82, 2.24) is 14.5 Å². The fourth-order valence-electron chi connectivity index (χ4n) is 3.09. The minimum absolute atomic E-state index is 0.288. The zero-order valence-corrected chi connectivity index (χ0v) is 11.8. The van der Waals surface area contributed by atoms with Crippen molar-refractivity contribution >= 4 is 0 Å². The van der Waals surface area contributed by atoms with E-state index >= 15 is 0 Å². The van der Waals surface area contributed by atoms with Crippen molar-refractivity contribution in [3.8, 4) is 0 Å². The van der Waals surface area contributed by atoms with Crippen molar-refractivity contribution in [3.05, 3.63) is 18.2 Å². The highest BCUT2D eigenvalue weighted by atomic mass is 15.2. The molecule has 2 N–H and O–H groups in total. The highest BCUT2D eigenvalue weighted by Crippen LogP contribution is 2.30. The number of hydrogen-bond donors (Lipinski definition) is 1. The summed E-state index contributed by atoms with van der Waals surface area (Å²) in [5.41, 5.74) is 7.21. The summed E-state index contributed by atoms with van der Waals surface area (Å²) in [5, 5.41) is 0. The molecule has 0 bridgehead atoms.